The van der Waals surface area contributed by atoms with E-state index in [9.17, 15) is 9.59 Å². The van der Waals surface area contributed by atoms with Crippen LogP contribution in [0.5, 0.6) is 0 Å². The summed E-state index contributed by atoms with van der Waals surface area (Å²) in [6, 6.07) is 6.04. The van der Waals surface area contributed by atoms with Crippen molar-refractivity contribution in [3.8, 4) is 0 Å². The van der Waals surface area contributed by atoms with Crippen molar-refractivity contribution in [2.45, 2.75) is 13.3 Å². The number of carboxylic acid groups (broad SMARTS) is 1. The molecule has 2 rings (SSSR count). The summed E-state index contributed by atoms with van der Waals surface area (Å²) in [5.41, 5.74) is 0.0975. The molecule has 0 aliphatic heterocycles. The minimum atomic E-state index is -1.14. The molecule has 0 fully saturated rings. The van der Waals surface area contributed by atoms with Crippen LogP contribution < -0.4 is 5.32 Å². The van der Waals surface area contributed by atoms with Gasteiger partial charge in [-0.15, -0.1) is 0 Å². The highest BCUT2D eigenvalue weighted by Crippen LogP contribution is 2.08. The number of carboxylic acids is 1. The largest absolute Gasteiger partial charge is 0.478 e. The van der Waals surface area contributed by atoms with Crippen LogP contribution >= 0.6 is 0 Å². The van der Waals surface area contributed by atoms with E-state index in [0.29, 0.717) is 18.1 Å². The van der Waals surface area contributed by atoms with Crippen molar-refractivity contribution in [3.05, 3.63) is 47.1 Å². The molecule has 2 aromatic rings. The standard InChI is InChI=1S/C13H13N3O4/c1-8-15-11(20-16-8)6-7-14-12(17)9-4-2-3-5-10(9)13(18)19/h2-5H,6-7H2,1H3,(H,14,17)(H,18,19). The van der Waals surface area contributed by atoms with Crippen molar-refractivity contribution >= 4 is 11.9 Å². The quantitative estimate of drug-likeness (QED) is 0.844. The van der Waals surface area contributed by atoms with Crippen LogP contribution in [0.3, 0.4) is 0 Å². The Morgan fingerprint density at radius 1 is 1.30 bits per heavy atom. The predicted octanol–water partition coefficient (Wildman–Crippen LogP) is 1.05. The lowest BCUT2D eigenvalue weighted by atomic mass is 10.1. The van der Waals surface area contributed by atoms with Crippen LogP contribution in [0.2, 0.25) is 0 Å². The fourth-order valence-electron chi connectivity index (χ4n) is 1.69. The zero-order chi connectivity index (χ0) is 14.5. The molecule has 0 saturated heterocycles. The molecular formula is C13H13N3O4. The van der Waals surface area contributed by atoms with Gasteiger partial charge in [-0.1, -0.05) is 17.3 Å². The molecular weight excluding hydrogens is 262 g/mol. The van der Waals surface area contributed by atoms with E-state index in [1.807, 2.05) is 0 Å². The number of benzene rings is 1. The molecule has 0 unspecified atom stereocenters. The Morgan fingerprint density at radius 2 is 2.00 bits per heavy atom. The Balaban J connectivity index is 1.97. The molecule has 1 amide bonds. The molecule has 0 aliphatic carbocycles. The maximum absolute atomic E-state index is 11.9. The van der Waals surface area contributed by atoms with Crippen molar-refractivity contribution in [2.24, 2.45) is 0 Å². The summed E-state index contributed by atoms with van der Waals surface area (Å²) in [6.07, 6.45) is 0.391. The number of rotatable bonds is 5. The molecule has 0 bridgehead atoms. The third-order valence-corrected chi connectivity index (χ3v) is 2.60. The molecule has 1 aromatic carbocycles. The number of aromatic nitrogens is 2. The van der Waals surface area contributed by atoms with Crippen LogP contribution in [0.4, 0.5) is 0 Å². The fraction of sp³-hybridized carbons (Fsp3) is 0.231. The average Bonchev–Trinajstić information content (AvgIpc) is 2.84. The van der Waals surface area contributed by atoms with E-state index >= 15 is 0 Å². The van der Waals surface area contributed by atoms with Gasteiger partial charge >= 0.3 is 5.97 Å². The number of carbonyl (C=O) groups excluding carboxylic acids is 1. The lowest BCUT2D eigenvalue weighted by Gasteiger charge is -2.06. The molecule has 0 aliphatic rings. The Kier molecular flexibility index (Phi) is 4.09. The van der Waals surface area contributed by atoms with E-state index in [-0.39, 0.29) is 17.7 Å². The molecule has 2 N–H and O–H groups in total. The lowest BCUT2D eigenvalue weighted by molar-refractivity contribution is 0.0691. The molecule has 0 atom stereocenters. The lowest BCUT2D eigenvalue weighted by Crippen LogP contribution is -2.27. The monoisotopic (exact) mass is 275 g/mol. The minimum Gasteiger partial charge on any atom is -0.478 e. The van der Waals surface area contributed by atoms with Crippen LogP contribution in [0, 0.1) is 6.92 Å². The highest BCUT2D eigenvalue weighted by Gasteiger charge is 2.15. The van der Waals surface area contributed by atoms with E-state index in [1.54, 1.807) is 19.1 Å². The van der Waals surface area contributed by atoms with Gasteiger partial charge in [-0.2, -0.15) is 4.98 Å². The summed E-state index contributed by atoms with van der Waals surface area (Å²) >= 11 is 0. The van der Waals surface area contributed by atoms with Crippen LogP contribution in [0.1, 0.15) is 32.4 Å². The third-order valence-electron chi connectivity index (χ3n) is 2.60. The van der Waals surface area contributed by atoms with Crippen LogP contribution in [-0.4, -0.2) is 33.7 Å². The first-order chi connectivity index (χ1) is 9.58. The number of carbonyl (C=O) groups is 2. The first-order valence-electron chi connectivity index (χ1n) is 5.97. The first-order valence-corrected chi connectivity index (χ1v) is 5.97. The molecule has 0 saturated carbocycles. The van der Waals surface area contributed by atoms with Crippen molar-refractivity contribution in [1.82, 2.24) is 15.5 Å². The molecule has 7 nitrogen and oxygen atoms in total. The first kappa shape index (κ1) is 13.7. The Labute approximate surface area is 114 Å². The number of nitrogens with zero attached hydrogens (tertiary/aromatic N) is 2. The van der Waals surface area contributed by atoms with Crippen molar-refractivity contribution in [3.63, 3.8) is 0 Å². The molecule has 0 spiro atoms. The van der Waals surface area contributed by atoms with Crippen LogP contribution in [0.15, 0.2) is 28.8 Å². The number of amides is 1. The van der Waals surface area contributed by atoms with Gasteiger partial charge in [-0.25, -0.2) is 4.79 Å². The van der Waals surface area contributed by atoms with E-state index in [1.165, 1.54) is 12.1 Å². The second kappa shape index (κ2) is 5.96. The molecule has 0 radical (unpaired) electrons. The number of aromatic carboxylic acids is 1. The van der Waals surface area contributed by atoms with Gasteiger partial charge in [0.05, 0.1) is 11.1 Å². The van der Waals surface area contributed by atoms with Gasteiger partial charge in [0.15, 0.2) is 5.82 Å². The van der Waals surface area contributed by atoms with E-state index in [2.05, 4.69) is 15.5 Å². The second-order valence-electron chi connectivity index (χ2n) is 4.09. The Morgan fingerprint density at radius 3 is 2.60 bits per heavy atom. The highest BCUT2D eigenvalue weighted by atomic mass is 16.5. The second-order valence-corrected chi connectivity index (χ2v) is 4.09. The SMILES string of the molecule is Cc1noc(CCNC(=O)c2ccccc2C(=O)O)n1. The number of hydrogen-bond acceptors (Lipinski definition) is 5. The summed E-state index contributed by atoms with van der Waals surface area (Å²) in [5, 5.41) is 15.3. The maximum Gasteiger partial charge on any atom is 0.336 e. The molecule has 20 heavy (non-hydrogen) atoms. The van der Waals surface area contributed by atoms with Gasteiger partial charge in [0, 0.05) is 13.0 Å². The topological polar surface area (TPSA) is 105 Å². The van der Waals surface area contributed by atoms with E-state index < -0.39 is 11.9 Å². The smallest absolute Gasteiger partial charge is 0.336 e. The molecule has 7 heteroatoms. The van der Waals surface area contributed by atoms with Crippen molar-refractivity contribution in [2.75, 3.05) is 6.54 Å². The van der Waals surface area contributed by atoms with Gasteiger partial charge < -0.3 is 14.9 Å². The number of aryl methyl sites for hydroxylation is 1. The molecule has 1 heterocycles. The summed E-state index contributed by atoms with van der Waals surface area (Å²) in [7, 11) is 0. The Hall–Kier alpha value is -2.70. The van der Waals surface area contributed by atoms with E-state index in [0.717, 1.165) is 0 Å². The minimum absolute atomic E-state index is 0.0290. The van der Waals surface area contributed by atoms with Crippen molar-refractivity contribution in [1.29, 1.82) is 0 Å². The Bertz CT molecular complexity index is 636. The van der Waals surface area contributed by atoms with Gasteiger partial charge in [-0.3, -0.25) is 4.79 Å². The maximum atomic E-state index is 11.9. The van der Waals surface area contributed by atoms with E-state index in [4.69, 9.17) is 9.63 Å². The number of hydrogen-bond donors (Lipinski definition) is 2. The summed E-state index contributed by atoms with van der Waals surface area (Å²) in [5.74, 6) is -0.626. The average molecular weight is 275 g/mol. The zero-order valence-corrected chi connectivity index (χ0v) is 10.8. The van der Waals surface area contributed by atoms with Gasteiger partial charge in [0.1, 0.15) is 0 Å². The van der Waals surface area contributed by atoms with Gasteiger partial charge in [0.25, 0.3) is 5.91 Å². The fourth-order valence-corrected chi connectivity index (χ4v) is 1.69. The summed E-state index contributed by atoms with van der Waals surface area (Å²) < 4.78 is 4.91. The van der Waals surface area contributed by atoms with Gasteiger partial charge in [0.2, 0.25) is 5.89 Å². The van der Waals surface area contributed by atoms with Crippen LogP contribution in [0.25, 0.3) is 0 Å². The molecule has 1 aromatic heterocycles. The van der Waals surface area contributed by atoms with Crippen molar-refractivity contribution < 1.29 is 19.2 Å². The summed E-state index contributed by atoms with van der Waals surface area (Å²) in [4.78, 5) is 26.9. The normalized spacial score (nSPS) is 10.2. The van der Waals surface area contributed by atoms with Gasteiger partial charge in [-0.05, 0) is 19.1 Å². The summed E-state index contributed by atoms with van der Waals surface area (Å²) in [6.45, 7) is 1.99. The highest BCUT2D eigenvalue weighted by molar-refractivity contribution is 6.04. The molecule has 104 valence electrons. The predicted molar refractivity (Wildman–Crippen MR) is 68.5 cm³/mol. The zero-order valence-electron chi connectivity index (χ0n) is 10.8. The number of nitrogens with one attached hydrogen (secondary N) is 1. The van der Waals surface area contributed by atoms with Crippen LogP contribution in [-0.2, 0) is 6.42 Å². The third kappa shape index (κ3) is 3.19.